The maximum Gasteiger partial charge on any atom is 0.206 e. The predicted molar refractivity (Wildman–Crippen MR) is 30.9 cm³/mol. The van der Waals surface area contributed by atoms with Crippen molar-refractivity contribution in [3.05, 3.63) is 12.1 Å². The molecule has 0 aromatic rings. The van der Waals surface area contributed by atoms with Crippen LogP contribution in [0.4, 0.5) is 0 Å². The Labute approximate surface area is 48.9 Å². The number of rotatable bonds is 1. The molecule has 1 heterocycles. The Morgan fingerprint density at radius 3 is 2.88 bits per heavy atom. The van der Waals surface area contributed by atoms with Gasteiger partial charge in [-0.3, -0.25) is 0 Å². The van der Waals surface area contributed by atoms with Crippen molar-refractivity contribution in [2.75, 3.05) is 20.8 Å². The summed E-state index contributed by atoms with van der Waals surface area (Å²) in [6.07, 6.45) is 1.85. The standard InChI is InChI=1S/C5H10N2O/c1-7-4-6-3-5(7)8-2/h3,6H,4H2,1-2H3. The van der Waals surface area contributed by atoms with Crippen LogP contribution < -0.4 is 5.32 Å². The topological polar surface area (TPSA) is 24.5 Å². The molecule has 0 spiro atoms. The molecular weight excluding hydrogens is 104 g/mol. The summed E-state index contributed by atoms with van der Waals surface area (Å²) >= 11 is 0. The first-order valence-corrected chi connectivity index (χ1v) is 2.53. The molecule has 1 N–H and O–H groups in total. The number of hydrogen-bond donors (Lipinski definition) is 1. The van der Waals surface area contributed by atoms with Crippen molar-refractivity contribution >= 4 is 0 Å². The first kappa shape index (κ1) is 5.28. The molecule has 0 aromatic carbocycles. The lowest BCUT2D eigenvalue weighted by molar-refractivity contribution is 0.189. The summed E-state index contributed by atoms with van der Waals surface area (Å²) in [5.41, 5.74) is 0. The van der Waals surface area contributed by atoms with E-state index in [0.29, 0.717) is 0 Å². The Balaban J connectivity index is 2.49. The van der Waals surface area contributed by atoms with Crippen molar-refractivity contribution in [2.45, 2.75) is 0 Å². The van der Waals surface area contributed by atoms with E-state index < -0.39 is 0 Å². The van der Waals surface area contributed by atoms with Crippen LogP contribution in [-0.2, 0) is 4.74 Å². The highest BCUT2D eigenvalue weighted by Crippen LogP contribution is 2.03. The first-order chi connectivity index (χ1) is 3.84. The van der Waals surface area contributed by atoms with E-state index in [1.54, 1.807) is 7.11 Å². The largest absolute Gasteiger partial charge is 0.481 e. The second-order valence-electron chi connectivity index (χ2n) is 1.75. The summed E-state index contributed by atoms with van der Waals surface area (Å²) in [5, 5.41) is 3.01. The maximum atomic E-state index is 4.95. The second-order valence-corrected chi connectivity index (χ2v) is 1.75. The summed E-state index contributed by atoms with van der Waals surface area (Å²) in [4.78, 5) is 1.99. The van der Waals surface area contributed by atoms with Crippen LogP contribution in [0.25, 0.3) is 0 Å². The van der Waals surface area contributed by atoms with Gasteiger partial charge in [0, 0.05) is 7.05 Å². The third kappa shape index (κ3) is 0.710. The van der Waals surface area contributed by atoms with Crippen molar-refractivity contribution in [3.63, 3.8) is 0 Å². The number of nitrogens with one attached hydrogen (secondary N) is 1. The van der Waals surface area contributed by atoms with E-state index in [2.05, 4.69) is 5.32 Å². The average molecular weight is 114 g/mol. The van der Waals surface area contributed by atoms with Gasteiger partial charge in [0.1, 0.15) is 0 Å². The zero-order chi connectivity index (χ0) is 5.98. The van der Waals surface area contributed by atoms with Gasteiger partial charge in [0.2, 0.25) is 5.88 Å². The van der Waals surface area contributed by atoms with Gasteiger partial charge in [-0.2, -0.15) is 0 Å². The molecule has 0 aliphatic carbocycles. The Kier molecular flexibility index (Phi) is 1.28. The van der Waals surface area contributed by atoms with Crippen LogP contribution in [0.3, 0.4) is 0 Å². The van der Waals surface area contributed by atoms with Gasteiger partial charge in [-0.15, -0.1) is 0 Å². The lowest BCUT2D eigenvalue weighted by Gasteiger charge is -2.11. The molecule has 0 aromatic heterocycles. The van der Waals surface area contributed by atoms with Gasteiger partial charge < -0.3 is 15.0 Å². The van der Waals surface area contributed by atoms with Crippen molar-refractivity contribution in [1.29, 1.82) is 0 Å². The number of nitrogens with zero attached hydrogens (tertiary/aromatic N) is 1. The monoisotopic (exact) mass is 114 g/mol. The SMILES string of the molecule is COC1=CNCN1C. The van der Waals surface area contributed by atoms with Crippen LogP contribution in [0.5, 0.6) is 0 Å². The van der Waals surface area contributed by atoms with E-state index in [9.17, 15) is 0 Å². The molecule has 0 amide bonds. The summed E-state index contributed by atoms with van der Waals surface area (Å²) in [7, 11) is 3.63. The third-order valence-electron chi connectivity index (χ3n) is 1.14. The summed E-state index contributed by atoms with van der Waals surface area (Å²) in [6, 6.07) is 0. The van der Waals surface area contributed by atoms with Gasteiger partial charge in [-0.25, -0.2) is 0 Å². The number of ether oxygens (including phenoxy) is 1. The molecule has 0 fully saturated rings. The molecule has 46 valence electrons. The zero-order valence-corrected chi connectivity index (χ0v) is 5.14. The van der Waals surface area contributed by atoms with Crippen molar-refractivity contribution in [3.8, 4) is 0 Å². The molecule has 1 aliphatic heterocycles. The molecule has 0 bridgehead atoms. The van der Waals surface area contributed by atoms with Crippen LogP contribution in [0.1, 0.15) is 0 Å². The molecule has 0 radical (unpaired) electrons. The Bertz CT molecular complexity index is 111. The van der Waals surface area contributed by atoms with E-state index in [1.807, 2.05) is 18.1 Å². The van der Waals surface area contributed by atoms with Crippen LogP contribution in [0, 0.1) is 0 Å². The van der Waals surface area contributed by atoms with Crippen LogP contribution >= 0.6 is 0 Å². The molecule has 0 unspecified atom stereocenters. The van der Waals surface area contributed by atoms with Gasteiger partial charge in [0.15, 0.2) is 0 Å². The van der Waals surface area contributed by atoms with Gasteiger partial charge in [-0.05, 0) is 0 Å². The third-order valence-corrected chi connectivity index (χ3v) is 1.14. The van der Waals surface area contributed by atoms with Gasteiger partial charge in [0.25, 0.3) is 0 Å². The van der Waals surface area contributed by atoms with E-state index in [0.717, 1.165) is 12.6 Å². The quantitative estimate of drug-likeness (QED) is 0.516. The molecule has 1 rings (SSSR count). The fourth-order valence-electron chi connectivity index (χ4n) is 0.673. The van der Waals surface area contributed by atoms with Crippen LogP contribution in [0.15, 0.2) is 12.1 Å². The van der Waals surface area contributed by atoms with Crippen LogP contribution in [-0.4, -0.2) is 25.7 Å². The second kappa shape index (κ2) is 1.94. The van der Waals surface area contributed by atoms with Crippen molar-refractivity contribution in [1.82, 2.24) is 10.2 Å². The normalized spacial score (nSPS) is 17.8. The van der Waals surface area contributed by atoms with Gasteiger partial charge in [-0.1, -0.05) is 0 Å². The molecule has 0 saturated heterocycles. The fourth-order valence-corrected chi connectivity index (χ4v) is 0.673. The first-order valence-electron chi connectivity index (χ1n) is 2.53. The van der Waals surface area contributed by atoms with E-state index in [-0.39, 0.29) is 0 Å². The molecule has 1 aliphatic rings. The zero-order valence-electron chi connectivity index (χ0n) is 5.14. The molecule has 0 saturated carbocycles. The Morgan fingerprint density at radius 2 is 2.62 bits per heavy atom. The maximum absolute atomic E-state index is 4.95. The average Bonchev–Trinajstić information content (AvgIpc) is 2.14. The Hall–Kier alpha value is -0.860. The van der Waals surface area contributed by atoms with Gasteiger partial charge in [0.05, 0.1) is 20.0 Å². The Morgan fingerprint density at radius 1 is 1.88 bits per heavy atom. The molecule has 8 heavy (non-hydrogen) atoms. The van der Waals surface area contributed by atoms with Crippen molar-refractivity contribution < 1.29 is 4.74 Å². The van der Waals surface area contributed by atoms with Crippen molar-refractivity contribution in [2.24, 2.45) is 0 Å². The fraction of sp³-hybridized carbons (Fsp3) is 0.600. The minimum absolute atomic E-state index is 0.850. The number of hydrogen-bond acceptors (Lipinski definition) is 3. The molecule has 0 atom stereocenters. The van der Waals surface area contributed by atoms with E-state index in [1.165, 1.54) is 0 Å². The van der Waals surface area contributed by atoms with Gasteiger partial charge >= 0.3 is 0 Å². The highest BCUT2D eigenvalue weighted by molar-refractivity contribution is 4.94. The lowest BCUT2D eigenvalue weighted by Crippen LogP contribution is -2.18. The highest BCUT2D eigenvalue weighted by atomic mass is 16.5. The summed E-state index contributed by atoms with van der Waals surface area (Å²) < 4.78 is 4.95. The highest BCUT2D eigenvalue weighted by Gasteiger charge is 2.07. The summed E-state index contributed by atoms with van der Waals surface area (Å²) in [5.74, 6) is 0.894. The van der Waals surface area contributed by atoms with E-state index >= 15 is 0 Å². The summed E-state index contributed by atoms with van der Waals surface area (Å²) in [6.45, 7) is 0.850. The lowest BCUT2D eigenvalue weighted by atomic mass is 10.8. The molecule has 3 heteroatoms. The minimum atomic E-state index is 0.850. The molecular formula is C5H10N2O. The van der Waals surface area contributed by atoms with E-state index in [4.69, 9.17) is 4.74 Å². The minimum Gasteiger partial charge on any atom is -0.481 e. The predicted octanol–water partition coefficient (Wildman–Crippen LogP) is -0.0758. The number of methoxy groups -OCH3 is 1. The van der Waals surface area contributed by atoms with Crippen LogP contribution in [0.2, 0.25) is 0 Å². The smallest absolute Gasteiger partial charge is 0.206 e. The molecule has 3 nitrogen and oxygen atoms in total.